The number of nitrogens with zero attached hydrogens (tertiary/aromatic N) is 2. The monoisotopic (exact) mass is 327 g/mol. The molecule has 0 saturated heterocycles. The summed E-state index contributed by atoms with van der Waals surface area (Å²) in [6, 6.07) is 10.1. The minimum Gasteiger partial charge on any atom is -0.395 e. The first-order valence-electron chi connectivity index (χ1n) is 7.46. The molecule has 7 nitrogen and oxygen atoms in total. The van der Waals surface area contributed by atoms with Gasteiger partial charge in [0.2, 0.25) is 0 Å². The number of nitrogens with one attached hydrogen (secondary N) is 1. The largest absolute Gasteiger partial charge is 0.395 e. The van der Waals surface area contributed by atoms with E-state index in [1.807, 2.05) is 0 Å². The van der Waals surface area contributed by atoms with Crippen molar-refractivity contribution in [2.75, 3.05) is 18.5 Å². The van der Waals surface area contributed by atoms with Crippen LogP contribution in [0.3, 0.4) is 0 Å². The first kappa shape index (κ1) is 16.1. The third-order valence-electron chi connectivity index (χ3n) is 4.09. The Morgan fingerprint density at radius 1 is 1.25 bits per heavy atom. The topological polar surface area (TPSA) is 104 Å². The van der Waals surface area contributed by atoms with E-state index in [1.165, 1.54) is 16.8 Å². The van der Waals surface area contributed by atoms with Crippen molar-refractivity contribution < 1.29 is 15.0 Å². The van der Waals surface area contributed by atoms with Crippen molar-refractivity contribution >= 4 is 17.9 Å². The standard InChI is InChI=1S/C17H17N3O4/c21-10-17(11-22)8-13(17)9-20-7-6-14(19-16(20)24)18-15(23)12-4-2-1-3-5-12/h1-7,9,21-22H,8,10-11H2,(H,18,19,23,24)/b13-9-. The fourth-order valence-corrected chi connectivity index (χ4v) is 2.39. The van der Waals surface area contributed by atoms with Gasteiger partial charge in [0, 0.05) is 23.4 Å². The SMILES string of the molecule is O=C(Nc1ccn(/C=C2/CC2(CO)CO)c(=O)n1)c1ccccc1. The molecular formula is C17H17N3O4. The van der Waals surface area contributed by atoms with Gasteiger partial charge in [0.15, 0.2) is 0 Å². The van der Waals surface area contributed by atoms with Gasteiger partial charge in [-0.1, -0.05) is 18.2 Å². The van der Waals surface area contributed by atoms with Crippen LogP contribution in [0.1, 0.15) is 16.8 Å². The number of aliphatic hydroxyl groups is 2. The van der Waals surface area contributed by atoms with Gasteiger partial charge in [0.05, 0.1) is 13.2 Å². The number of benzene rings is 1. The van der Waals surface area contributed by atoms with E-state index in [-0.39, 0.29) is 24.9 Å². The summed E-state index contributed by atoms with van der Waals surface area (Å²) in [6.07, 6.45) is 3.59. The Kier molecular flexibility index (Phi) is 4.28. The molecule has 0 atom stereocenters. The molecule has 1 aliphatic rings. The summed E-state index contributed by atoms with van der Waals surface area (Å²) in [5.74, 6) is -0.185. The van der Waals surface area contributed by atoms with Crippen molar-refractivity contribution in [3.8, 4) is 0 Å². The Morgan fingerprint density at radius 2 is 1.96 bits per heavy atom. The molecule has 2 aromatic rings. The van der Waals surface area contributed by atoms with Crippen molar-refractivity contribution in [3.63, 3.8) is 0 Å². The number of anilines is 1. The van der Waals surface area contributed by atoms with Crippen LogP contribution in [0.5, 0.6) is 0 Å². The zero-order chi connectivity index (χ0) is 17.2. The van der Waals surface area contributed by atoms with E-state index in [9.17, 15) is 19.8 Å². The number of hydrogen-bond acceptors (Lipinski definition) is 5. The lowest BCUT2D eigenvalue weighted by Crippen LogP contribution is -2.22. The van der Waals surface area contributed by atoms with Gasteiger partial charge in [-0.05, 0) is 30.2 Å². The predicted molar refractivity (Wildman–Crippen MR) is 88.4 cm³/mol. The molecule has 3 rings (SSSR count). The highest BCUT2D eigenvalue weighted by molar-refractivity contribution is 6.03. The Balaban J connectivity index is 1.76. The van der Waals surface area contributed by atoms with Crippen molar-refractivity contribution in [1.29, 1.82) is 0 Å². The van der Waals surface area contributed by atoms with Gasteiger partial charge in [0.1, 0.15) is 5.82 Å². The van der Waals surface area contributed by atoms with Crippen LogP contribution in [0.4, 0.5) is 5.82 Å². The molecule has 0 bridgehead atoms. The molecule has 1 amide bonds. The fourth-order valence-electron chi connectivity index (χ4n) is 2.39. The van der Waals surface area contributed by atoms with E-state index in [1.54, 1.807) is 36.5 Å². The van der Waals surface area contributed by atoms with E-state index in [0.29, 0.717) is 12.0 Å². The second kappa shape index (κ2) is 6.38. The van der Waals surface area contributed by atoms with E-state index in [2.05, 4.69) is 10.3 Å². The van der Waals surface area contributed by atoms with Crippen molar-refractivity contribution in [2.45, 2.75) is 6.42 Å². The van der Waals surface area contributed by atoms with Gasteiger partial charge in [0.25, 0.3) is 5.91 Å². The zero-order valence-electron chi connectivity index (χ0n) is 12.8. The molecule has 0 radical (unpaired) electrons. The maximum Gasteiger partial charge on any atom is 0.353 e. The minimum absolute atomic E-state index is 0.162. The molecule has 1 aliphatic carbocycles. The number of hydrogen-bond donors (Lipinski definition) is 3. The molecule has 3 N–H and O–H groups in total. The molecule has 0 aliphatic heterocycles. The summed E-state index contributed by atoms with van der Waals surface area (Å²) in [5.41, 5.74) is 0.0846. The number of carbonyl (C=O) groups excluding carboxylic acids is 1. The lowest BCUT2D eigenvalue weighted by atomic mass is 10.1. The zero-order valence-corrected chi connectivity index (χ0v) is 12.8. The molecule has 0 spiro atoms. The van der Waals surface area contributed by atoms with Crippen molar-refractivity contribution in [3.05, 3.63) is 64.2 Å². The van der Waals surface area contributed by atoms with E-state index >= 15 is 0 Å². The van der Waals surface area contributed by atoms with Gasteiger partial charge in [-0.15, -0.1) is 0 Å². The normalized spacial score (nSPS) is 16.8. The quantitative estimate of drug-likeness (QED) is 0.750. The van der Waals surface area contributed by atoms with Crippen LogP contribution in [0.15, 0.2) is 53.0 Å². The third-order valence-corrected chi connectivity index (χ3v) is 4.09. The lowest BCUT2D eigenvalue weighted by molar-refractivity contribution is 0.102. The maximum atomic E-state index is 12.0. The Morgan fingerprint density at radius 3 is 2.54 bits per heavy atom. The molecule has 1 saturated carbocycles. The molecule has 1 aromatic carbocycles. The Bertz CT molecular complexity index is 838. The summed E-state index contributed by atoms with van der Waals surface area (Å²) in [5, 5.41) is 21.1. The van der Waals surface area contributed by atoms with Crippen molar-refractivity contribution in [2.24, 2.45) is 5.41 Å². The summed E-state index contributed by atoms with van der Waals surface area (Å²) >= 11 is 0. The molecule has 7 heteroatoms. The Hall–Kier alpha value is -2.77. The molecule has 0 unspecified atom stereocenters. The summed E-state index contributed by atoms with van der Waals surface area (Å²) in [6.45, 7) is -0.328. The molecule has 1 aromatic heterocycles. The second-order valence-electron chi connectivity index (χ2n) is 5.75. The minimum atomic E-state index is -0.625. The number of aromatic nitrogens is 2. The van der Waals surface area contributed by atoms with Gasteiger partial charge in [-0.25, -0.2) is 4.79 Å². The molecule has 24 heavy (non-hydrogen) atoms. The molecule has 124 valence electrons. The fraction of sp³-hybridized carbons (Fsp3) is 0.235. The highest BCUT2D eigenvalue weighted by Crippen LogP contribution is 2.51. The van der Waals surface area contributed by atoms with E-state index in [4.69, 9.17) is 0 Å². The first-order valence-corrected chi connectivity index (χ1v) is 7.46. The molecule has 1 heterocycles. The summed E-state index contributed by atoms with van der Waals surface area (Å²) in [7, 11) is 0. The summed E-state index contributed by atoms with van der Waals surface area (Å²) in [4.78, 5) is 27.9. The third kappa shape index (κ3) is 3.12. The predicted octanol–water partition coefficient (Wildman–Crippen LogP) is 0.711. The van der Waals surface area contributed by atoms with E-state index in [0.717, 1.165) is 5.57 Å². The van der Waals surface area contributed by atoms with Gasteiger partial charge in [-0.3, -0.25) is 9.36 Å². The van der Waals surface area contributed by atoms with E-state index < -0.39 is 11.1 Å². The second-order valence-corrected chi connectivity index (χ2v) is 5.75. The molecule has 1 fully saturated rings. The van der Waals surface area contributed by atoms with Crippen LogP contribution in [0, 0.1) is 5.41 Å². The average Bonchev–Trinajstić information content (AvgIpc) is 3.31. The number of carbonyl (C=O) groups is 1. The molecular weight excluding hydrogens is 310 g/mol. The van der Waals surface area contributed by atoms with Crippen LogP contribution < -0.4 is 11.0 Å². The van der Waals surface area contributed by atoms with Gasteiger partial charge in [-0.2, -0.15) is 4.98 Å². The highest BCUT2D eigenvalue weighted by Gasteiger charge is 2.48. The first-order chi connectivity index (χ1) is 11.6. The van der Waals surface area contributed by atoms with Crippen LogP contribution in [-0.2, 0) is 0 Å². The highest BCUT2D eigenvalue weighted by atomic mass is 16.3. The van der Waals surface area contributed by atoms with Crippen LogP contribution >= 0.6 is 0 Å². The number of aliphatic hydroxyl groups excluding tert-OH is 2. The number of rotatable bonds is 5. The van der Waals surface area contributed by atoms with Crippen LogP contribution in [0.2, 0.25) is 0 Å². The average molecular weight is 327 g/mol. The van der Waals surface area contributed by atoms with Crippen LogP contribution in [-0.4, -0.2) is 38.9 Å². The maximum absolute atomic E-state index is 12.0. The van der Waals surface area contributed by atoms with Gasteiger partial charge < -0.3 is 15.5 Å². The van der Waals surface area contributed by atoms with Crippen molar-refractivity contribution in [1.82, 2.24) is 9.55 Å². The number of amides is 1. The Labute approximate surface area is 137 Å². The van der Waals surface area contributed by atoms with Crippen LogP contribution in [0.25, 0.3) is 6.20 Å². The summed E-state index contributed by atoms with van der Waals surface area (Å²) < 4.78 is 1.26. The van der Waals surface area contributed by atoms with Gasteiger partial charge >= 0.3 is 5.69 Å². The lowest BCUT2D eigenvalue weighted by Gasteiger charge is -2.06. The smallest absolute Gasteiger partial charge is 0.353 e.